The van der Waals surface area contributed by atoms with Crippen molar-refractivity contribution in [1.29, 1.82) is 0 Å². The molecule has 0 aliphatic carbocycles. The average Bonchev–Trinajstić information content (AvgIpc) is 2.36. The number of ether oxygens (including phenoxy) is 2. The van der Waals surface area contributed by atoms with Crippen molar-refractivity contribution in [3.63, 3.8) is 0 Å². The lowest BCUT2D eigenvalue weighted by Crippen LogP contribution is -2.22. The van der Waals surface area contributed by atoms with Crippen LogP contribution < -0.4 is 10.1 Å². The number of carbonyl (C=O) groups is 2. The minimum atomic E-state index is -0.393. The van der Waals surface area contributed by atoms with Crippen LogP contribution in [0.4, 0.5) is 5.69 Å². The molecule has 0 saturated heterocycles. The van der Waals surface area contributed by atoms with Gasteiger partial charge < -0.3 is 14.8 Å². The Morgan fingerprint density at radius 2 is 2.06 bits per heavy atom. The van der Waals surface area contributed by atoms with E-state index in [9.17, 15) is 9.59 Å². The van der Waals surface area contributed by atoms with Gasteiger partial charge in [0, 0.05) is 11.8 Å². The number of nitrogens with one attached hydrogen (secondary N) is 1. The molecule has 1 aromatic carbocycles. The molecule has 0 fully saturated rings. The molecule has 5 nitrogen and oxygen atoms in total. The number of carbonyl (C=O) groups excluding carboxylic acids is 2. The SMILES string of the molecule is COc1cccc(NC(=O)COC(=O)C(C)C)c1. The molecule has 0 aromatic heterocycles. The van der Waals surface area contributed by atoms with Crippen molar-refractivity contribution in [3.05, 3.63) is 24.3 Å². The highest BCUT2D eigenvalue weighted by Gasteiger charge is 2.11. The number of esters is 1. The van der Waals surface area contributed by atoms with Crippen molar-refractivity contribution in [2.24, 2.45) is 5.92 Å². The number of hydrogen-bond acceptors (Lipinski definition) is 4. The summed E-state index contributed by atoms with van der Waals surface area (Å²) in [5.41, 5.74) is 0.597. The molecule has 0 aliphatic rings. The third kappa shape index (κ3) is 4.45. The van der Waals surface area contributed by atoms with Crippen LogP contribution in [0, 0.1) is 5.92 Å². The molecule has 0 unspecified atom stereocenters. The summed E-state index contributed by atoms with van der Waals surface area (Å²) in [7, 11) is 1.55. The van der Waals surface area contributed by atoms with Crippen LogP contribution in [0.2, 0.25) is 0 Å². The summed E-state index contributed by atoms with van der Waals surface area (Å²) in [4.78, 5) is 22.7. The number of hydrogen-bond donors (Lipinski definition) is 1. The van der Waals surface area contributed by atoms with Crippen molar-refractivity contribution < 1.29 is 19.1 Å². The van der Waals surface area contributed by atoms with E-state index < -0.39 is 5.97 Å². The molecule has 0 aliphatic heterocycles. The second-order valence-corrected chi connectivity index (χ2v) is 4.04. The van der Waals surface area contributed by atoms with Crippen LogP contribution in [0.25, 0.3) is 0 Å². The molecular formula is C13H17NO4. The smallest absolute Gasteiger partial charge is 0.308 e. The summed E-state index contributed by atoms with van der Waals surface area (Å²) in [5, 5.41) is 2.61. The Morgan fingerprint density at radius 1 is 1.33 bits per heavy atom. The van der Waals surface area contributed by atoms with Crippen LogP contribution >= 0.6 is 0 Å². The molecule has 0 atom stereocenters. The zero-order valence-corrected chi connectivity index (χ0v) is 10.7. The molecule has 1 rings (SSSR count). The van der Waals surface area contributed by atoms with Crippen molar-refractivity contribution in [2.45, 2.75) is 13.8 Å². The van der Waals surface area contributed by atoms with Gasteiger partial charge in [-0.3, -0.25) is 9.59 Å². The summed E-state index contributed by atoms with van der Waals surface area (Å²) in [6, 6.07) is 6.94. The number of anilines is 1. The Kier molecular flexibility index (Phi) is 5.17. The standard InChI is InChI=1S/C13H17NO4/c1-9(2)13(16)18-8-12(15)14-10-5-4-6-11(7-10)17-3/h4-7,9H,8H2,1-3H3,(H,14,15). The summed E-state index contributed by atoms with van der Waals surface area (Å²) >= 11 is 0. The maximum Gasteiger partial charge on any atom is 0.308 e. The van der Waals surface area contributed by atoms with Gasteiger partial charge in [-0.1, -0.05) is 19.9 Å². The fourth-order valence-corrected chi connectivity index (χ4v) is 1.20. The third-order valence-corrected chi connectivity index (χ3v) is 2.17. The fourth-order valence-electron chi connectivity index (χ4n) is 1.20. The first-order chi connectivity index (χ1) is 8.52. The highest BCUT2D eigenvalue weighted by atomic mass is 16.5. The largest absolute Gasteiger partial charge is 0.497 e. The highest BCUT2D eigenvalue weighted by molar-refractivity contribution is 5.93. The summed E-state index contributed by atoms with van der Waals surface area (Å²) in [5.74, 6) is -0.366. The zero-order valence-electron chi connectivity index (χ0n) is 10.7. The molecule has 1 N–H and O–H groups in total. The summed E-state index contributed by atoms with van der Waals surface area (Å²) < 4.78 is 9.84. The molecule has 0 spiro atoms. The van der Waals surface area contributed by atoms with E-state index in [1.165, 1.54) is 0 Å². The minimum absolute atomic E-state index is 0.241. The van der Waals surface area contributed by atoms with Gasteiger partial charge in [0.15, 0.2) is 6.61 Å². The first-order valence-electron chi connectivity index (χ1n) is 5.63. The van der Waals surface area contributed by atoms with Gasteiger partial charge in [0.05, 0.1) is 13.0 Å². The van der Waals surface area contributed by atoms with Crippen LogP contribution in [0.15, 0.2) is 24.3 Å². The summed E-state index contributed by atoms with van der Waals surface area (Å²) in [6.45, 7) is 3.14. The van der Waals surface area contributed by atoms with E-state index in [0.29, 0.717) is 11.4 Å². The lowest BCUT2D eigenvalue weighted by molar-refractivity contribution is -0.150. The predicted octanol–water partition coefficient (Wildman–Crippen LogP) is 1.83. The van der Waals surface area contributed by atoms with E-state index in [-0.39, 0.29) is 18.4 Å². The third-order valence-electron chi connectivity index (χ3n) is 2.17. The Labute approximate surface area is 106 Å². The molecule has 5 heteroatoms. The van der Waals surface area contributed by atoms with E-state index in [1.807, 2.05) is 0 Å². The van der Waals surface area contributed by atoms with Crippen LogP contribution in [0.3, 0.4) is 0 Å². The monoisotopic (exact) mass is 251 g/mol. The number of amides is 1. The number of methoxy groups -OCH3 is 1. The lowest BCUT2D eigenvalue weighted by atomic mass is 10.2. The lowest BCUT2D eigenvalue weighted by Gasteiger charge is -2.08. The van der Waals surface area contributed by atoms with Crippen molar-refractivity contribution in [3.8, 4) is 5.75 Å². The molecule has 0 radical (unpaired) electrons. The zero-order chi connectivity index (χ0) is 13.5. The second kappa shape index (κ2) is 6.64. The first kappa shape index (κ1) is 14.0. The molecule has 0 bridgehead atoms. The van der Waals surface area contributed by atoms with Crippen molar-refractivity contribution in [2.75, 3.05) is 19.0 Å². The fraction of sp³-hybridized carbons (Fsp3) is 0.385. The van der Waals surface area contributed by atoms with Crippen LogP contribution in [-0.4, -0.2) is 25.6 Å². The normalized spacial score (nSPS) is 10.0. The van der Waals surface area contributed by atoms with Crippen molar-refractivity contribution in [1.82, 2.24) is 0 Å². The molecule has 0 heterocycles. The van der Waals surface area contributed by atoms with E-state index in [4.69, 9.17) is 9.47 Å². The van der Waals surface area contributed by atoms with Gasteiger partial charge in [-0.05, 0) is 12.1 Å². The van der Waals surface area contributed by atoms with Crippen LogP contribution in [0.5, 0.6) is 5.75 Å². The molecule has 18 heavy (non-hydrogen) atoms. The highest BCUT2D eigenvalue weighted by Crippen LogP contribution is 2.16. The molecule has 1 aromatic rings. The van der Waals surface area contributed by atoms with Gasteiger partial charge in [-0.15, -0.1) is 0 Å². The maximum absolute atomic E-state index is 11.5. The van der Waals surface area contributed by atoms with Gasteiger partial charge >= 0.3 is 5.97 Å². The second-order valence-electron chi connectivity index (χ2n) is 4.04. The topological polar surface area (TPSA) is 64.6 Å². The number of benzene rings is 1. The Morgan fingerprint density at radius 3 is 2.67 bits per heavy atom. The number of rotatable bonds is 5. The molecule has 1 amide bonds. The van der Waals surface area contributed by atoms with Gasteiger partial charge in [0.1, 0.15) is 5.75 Å². The van der Waals surface area contributed by atoms with E-state index >= 15 is 0 Å². The van der Waals surface area contributed by atoms with Crippen molar-refractivity contribution >= 4 is 17.6 Å². The average molecular weight is 251 g/mol. The Balaban J connectivity index is 2.47. The molecular weight excluding hydrogens is 234 g/mol. The van der Waals surface area contributed by atoms with E-state index in [2.05, 4.69) is 5.32 Å². The van der Waals surface area contributed by atoms with Crippen LogP contribution in [-0.2, 0) is 14.3 Å². The van der Waals surface area contributed by atoms with Gasteiger partial charge in [-0.2, -0.15) is 0 Å². The Bertz CT molecular complexity index is 429. The van der Waals surface area contributed by atoms with Gasteiger partial charge in [0.2, 0.25) is 0 Å². The quantitative estimate of drug-likeness (QED) is 0.811. The van der Waals surface area contributed by atoms with Gasteiger partial charge in [0.25, 0.3) is 5.91 Å². The molecule has 0 saturated carbocycles. The van der Waals surface area contributed by atoms with E-state index in [0.717, 1.165) is 0 Å². The predicted molar refractivity (Wildman–Crippen MR) is 67.4 cm³/mol. The summed E-state index contributed by atoms with van der Waals surface area (Å²) in [6.07, 6.45) is 0. The van der Waals surface area contributed by atoms with Gasteiger partial charge in [-0.25, -0.2) is 0 Å². The van der Waals surface area contributed by atoms with Crippen LogP contribution in [0.1, 0.15) is 13.8 Å². The van der Waals surface area contributed by atoms with E-state index in [1.54, 1.807) is 45.2 Å². The minimum Gasteiger partial charge on any atom is -0.497 e. The maximum atomic E-state index is 11.5. The molecule has 98 valence electrons. The first-order valence-corrected chi connectivity index (χ1v) is 5.63. The Hall–Kier alpha value is -2.04.